The van der Waals surface area contributed by atoms with Gasteiger partial charge in [0.05, 0.1) is 5.69 Å². The summed E-state index contributed by atoms with van der Waals surface area (Å²) >= 11 is 0. The van der Waals surface area contributed by atoms with Crippen molar-refractivity contribution >= 4 is 5.91 Å². The highest BCUT2D eigenvalue weighted by Gasteiger charge is 2.21. The molecule has 0 fully saturated rings. The number of benzene rings is 1. The van der Waals surface area contributed by atoms with Gasteiger partial charge < -0.3 is 4.90 Å². The van der Waals surface area contributed by atoms with Crippen molar-refractivity contribution in [1.29, 1.82) is 0 Å². The van der Waals surface area contributed by atoms with E-state index in [1.54, 1.807) is 22.7 Å². The number of likely N-dealkylation sites (N-methyl/N-ethyl adjacent to an activating group) is 1. The molecule has 2 heterocycles. The number of carbonyl (C=O) groups is 1. The minimum atomic E-state index is -0.135. The van der Waals surface area contributed by atoms with Crippen molar-refractivity contribution in [3.05, 3.63) is 53.1 Å². The third kappa shape index (κ3) is 3.57. The van der Waals surface area contributed by atoms with E-state index in [9.17, 15) is 4.79 Å². The van der Waals surface area contributed by atoms with Crippen molar-refractivity contribution in [2.75, 3.05) is 13.6 Å². The van der Waals surface area contributed by atoms with Gasteiger partial charge in [0.15, 0.2) is 11.5 Å². The number of aryl methyl sites for hydroxylation is 2. The molecule has 1 N–H and O–H groups in total. The molecule has 25 heavy (non-hydrogen) atoms. The van der Waals surface area contributed by atoms with Crippen LogP contribution in [0.2, 0.25) is 0 Å². The number of amides is 1. The summed E-state index contributed by atoms with van der Waals surface area (Å²) < 4.78 is 1.78. The molecule has 8 heteroatoms. The molecule has 0 spiro atoms. The van der Waals surface area contributed by atoms with Crippen molar-refractivity contribution in [1.82, 2.24) is 35.3 Å². The van der Waals surface area contributed by atoms with Crippen LogP contribution in [0.25, 0.3) is 5.69 Å². The topological polar surface area (TPSA) is 92.6 Å². The molecule has 1 aromatic carbocycles. The second kappa shape index (κ2) is 6.84. The number of carbonyl (C=O) groups excluding carboxylic acids is 1. The largest absolute Gasteiger partial charge is 0.340 e. The molecule has 0 aliphatic heterocycles. The molecule has 2 aromatic heterocycles. The average molecular weight is 339 g/mol. The number of H-pyrrole nitrogens is 1. The number of aromatic nitrogens is 6. The Morgan fingerprint density at radius 3 is 2.64 bits per heavy atom. The maximum Gasteiger partial charge on any atom is 0.274 e. The molecule has 1 amide bonds. The number of hydrogen-bond donors (Lipinski definition) is 1. The summed E-state index contributed by atoms with van der Waals surface area (Å²) in [5.74, 6) is 0.429. The van der Waals surface area contributed by atoms with Gasteiger partial charge in [-0.3, -0.25) is 4.79 Å². The molecule has 0 radical (unpaired) electrons. The standard InChI is InChI=1S/C17H21N7O/c1-11-5-7-14(8-6-11)24-13(3)9-15(20-24)17(25)23(4)10-12(2)16-18-21-22-19-16/h5-9,12H,10H2,1-4H3,(H,18,19,21,22). The molecule has 0 saturated heterocycles. The van der Waals surface area contributed by atoms with E-state index in [-0.39, 0.29) is 11.8 Å². The number of hydrogen-bond acceptors (Lipinski definition) is 5. The Morgan fingerprint density at radius 2 is 2.00 bits per heavy atom. The summed E-state index contributed by atoms with van der Waals surface area (Å²) in [6.45, 7) is 6.40. The van der Waals surface area contributed by atoms with Crippen molar-refractivity contribution in [3.8, 4) is 5.69 Å². The highest BCUT2D eigenvalue weighted by Crippen LogP contribution is 2.16. The lowest BCUT2D eigenvalue weighted by atomic mass is 10.1. The van der Waals surface area contributed by atoms with E-state index in [4.69, 9.17) is 0 Å². The van der Waals surface area contributed by atoms with Crippen LogP contribution in [0.5, 0.6) is 0 Å². The maximum absolute atomic E-state index is 12.7. The lowest BCUT2D eigenvalue weighted by molar-refractivity contribution is 0.0781. The number of tetrazole rings is 1. The SMILES string of the molecule is Cc1ccc(-n2nc(C(=O)N(C)CC(C)c3nn[nH]n3)cc2C)cc1. The summed E-state index contributed by atoms with van der Waals surface area (Å²) in [6, 6.07) is 9.84. The highest BCUT2D eigenvalue weighted by atomic mass is 16.2. The molecule has 0 aliphatic rings. The van der Waals surface area contributed by atoms with Crippen LogP contribution in [0.1, 0.15) is 40.4 Å². The first-order chi connectivity index (χ1) is 12.0. The Hall–Kier alpha value is -3.03. The van der Waals surface area contributed by atoms with Crippen LogP contribution in [0.15, 0.2) is 30.3 Å². The number of nitrogens with one attached hydrogen (secondary N) is 1. The Morgan fingerprint density at radius 1 is 1.28 bits per heavy atom. The van der Waals surface area contributed by atoms with Gasteiger partial charge in [0.2, 0.25) is 0 Å². The first kappa shape index (κ1) is 16.8. The number of nitrogens with zero attached hydrogens (tertiary/aromatic N) is 6. The lowest BCUT2D eigenvalue weighted by Crippen LogP contribution is -2.31. The average Bonchev–Trinajstić information content (AvgIpc) is 3.24. The van der Waals surface area contributed by atoms with E-state index in [1.165, 1.54) is 5.56 Å². The van der Waals surface area contributed by atoms with Gasteiger partial charge in [-0.2, -0.15) is 10.3 Å². The van der Waals surface area contributed by atoms with Crippen molar-refractivity contribution in [3.63, 3.8) is 0 Å². The molecule has 8 nitrogen and oxygen atoms in total. The van der Waals surface area contributed by atoms with Gasteiger partial charge in [0.25, 0.3) is 5.91 Å². The zero-order chi connectivity index (χ0) is 18.0. The Kier molecular flexibility index (Phi) is 4.60. The van der Waals surface area contributed by atoms with E-state index in [2.05, 4.69) is 25.7 Å². The van der Waals surface area contributed by atoms with Crippen molar-refractivity contribution < 1.29 is 4.79 Å². The van der Waals surface area contributed by atoms with Gasteiger partial charge in [0, 0.05) is 25.2 Å². The number of aromatic amines is 1. The molecule has 1 atom stereocenters. The third-order valence-electron chi connectivity index (χ3n) is 4.08. The van der Waals surface area contributed by atoms with Crippen LogP contribution >= 0.6 is 0 Å². The van der Waals surface area contributed by atoms with Gasteiger partial charge in [-0.15, -0.1) is 10.2 Å². The minimum Gasteiger partial charge on any atom is -0.340 e. The monoisotopic (exact) mass is 339 g/mol. The molecule has 0 bridgehead atoms. The summed E-state index contributed by atoms with van der Waals surface area (Å²) in [7, 11) is 1.75. The smallest absolute Gasteiger partial charge is 0.274 e. The highest BCUT2D eigenvalue weighted by molar-refractivity contribution is 5.92. The lowest BCUT2D eigenvalue weighted by Gasteiger charge is -2.18. The van der Waals surface area contributed by atoms with E-state index in [0.29, 0.717) is 18.1 Å². The van der Waals surface area contributed by atoms with Crippen LogP contribution in [0.3, 0.4) is 0 Å². The first-order valence-electron chi connectivity index (χ1n) is 8.08. The summed E-state index contributed by atoms with van der Waals surface area (Å²) in [6.07, 6.45) is 0. The first-order valence-corrected chi connectivity index (χ1v) is 8.08. The van der Waals surface area contributed by atoms with Crippen LogP contribution in [-0.2, 0) is 0 Å². The quantitative estimate of drug-likeness (QED) is 0.766. The zero-order valence-corrected chi connectivity index (χ0v) is 14.8. The van der Waals surface area contributed by atoms with Gasteiger partial charge in [-0.25, -0.2) is 4.68 Å². The van der Waals surface area contributed by atoms with E-state index >= 15 is 0 Å². The Balaban J connectivity index is 1.76. The summed E-state index contributed by atoms with van der Waals surface area (Å²) in [5, 5.41) is 18.4. The molecule has 0 aliphatic carbocycles. The van der Waals surface area contributed by atoms with Crippen molar-refractivity contribution in [2.24, 2.45) is 0 Å². The second-order valence-corrected chi connectivity index (χ2v) is 6.28. The molecule has 0 saturated carbocycles. The normalized spacial score (nSPS) is 12.2. The van der Waals surface area contributed by atoms with Crippen molar-refractivity contribution in [2.45, 2.75) is 26.7 Å². The van der Waals surface area contributed by atoms with Gasteiger partial charge in [-0.05, 0) is 32.0 Å². The molecule has 130 valence electrons. The summed E-state index contributed by atoms with van der Waals surface area (Å²) in [4.78, 5) is 14.3. The zero-order valence-electron chi connectivity index (χ0n) is 14.8. The van der Waals surface area contributed by atoms with Crippen LogP contribution in [0.4, 0.5) is 0 Å². The predicted octanol–water partition coefficient (Wildman–Crippen LogP) is 1.88. The molecule has 3 rings (SSSR count). The Labute approximate surface area is 145 Å². The molecule has 1 unspecified atom stereocenters. The maximum atomic E-state index is 12.7. The van der Waals surface area contributed by atoms with E-state index < -0.39 is 0 Å². The predicted molar refractivity (Wildman–Crippen MR) is 92.6 cm³/mol. The molecular weight excluding hydrogens is 318 g/mol. The molecular formula is C17H21N7O. The summed E-state index contributed by atoms with van der Waals surface area (Å²) in [5.41, 5.74) is 3.44. The number of rotatable bonds is 5. The Bertz CT molecular complexity index is 852. The fourth-order valence-corrected chi connectivity index (χ4v) is 2.68. The van der Waals surface area contributed by atoms with Gasteiger partial charge in [0.1, 0.15) is 0 Å². The second-order valence-electron chi connectivity index (χ2n) is 6.28. The minimum absolute atomic E-state index is 0.0204. The fraction of sp³-hybridized carbons (Fsp3) is 0.353. The van der Waals surface area contributed by atoms with E-state index in [0.717, 1.165) is 11.4 Å². The fourth-order valence-electron chi connectivity index (χ4n) is 2.68. The van der Waals surface area contributed by atoms with E-state index in [1.807, 2.05) is 45.0 Å². The molecule has 3 aromatic rings. The van der Waals surface area contributed by atoms with Crippen LogP contribution < -0.4 is 0 Å². The van der Waals surface area contributed by atoms with Gasteiger partial charge >= 0.3 is 0 Å². The third-order valence-corrected chi connectivity index (χ3v) is 4.08. The van der Waals surface area contributed by atoms with Crippen LogP contribution in [0, 0.1) is 13.8 Å². The van der Waals surface area contributed by atoms with Crippen LogP contribution in [-0.4, -0.2) is 54.8 Å². The van der Waals surface area contributed by atoms with Gasteiger partial charge in [-0.1, -0.05) is 29.8 Å².